The molecule has 0 saturated carbocycles. The van der Waals surface area contributed by atoms with E-state index in [1.807, 2.05) is 43.0 Å². The molecular formula is C27H29ClF3N3O5S. The van der Waals surface area contributed by atoms with Crippen molar-refractivity contribution >= 4 is 34.9 Å². The number of rotatable bonds is 9. The first-order valence-corrected chi connectivity index (χ1v) is 13.7. The number of likely N-dealkylation sites (tertiary alicyclic amines) is 1. The van der Waals surface area contributed by atoms with Crippen LogP contribution >= 0.6 is 22.9 Å². The van der Waals surface area contributed by atoms with Crippen molar-refractivity contribution in [1.82, 2.24) is 15.1 Å². The molecule has 2 aromatic carbocycles. The van der Waals surface area contributed by atoms with Crippen molar-refractivity contribution < 1.29 is 37.7 Å². The van der Waals surface area contributed by atoms with Crippen LogP contribution < -0.4 is 4.74 Å². The molecule has 2 heterocycles. The van der Waals surface area contributed by atoms with Gasteiger partial charge in [-0.2, -0.15) is 13.2 Å². The van der Waals surface area contributed by atoms with Crippen molar-refractivity contribution in [3.8, 4) is 26.9 Å². The van der Waals surface area contributed by atoms with Gasteiger partial charge in [0.25, 0.3) is 0 Å². The number of hydrogen-bond donors (Lipinski definition) is 2. The summed E-state index contributed by atoms with van der Waals surface area (Å²) in [5, 5.41) is 27.5. The Balaban J connectivity index is 0.000000559. The largest absolute Gasteiger partial charge is 0.490 e. The fourth-order valence-electron chi connectivity index (χ4n) is 4.17. The second kappa shape index (κ2) is 13.4. The minimum Gasteiger partial charge on any atom is -0.489 e. The van der Waals surface area contributed by atoms with Crippen LogP contribution in [0.3, 0.4) is 0 Å². The molecule has 0 spiro atoms. The highest BCUT2D eigenvalue weighted by Crippen LogP contribution is 2.36. The van der Waals surface area contributed by atoms with Gasteiger partial charge in [-0.15, -0.1) is 10.2 Å². The normalized spacial score (nSPS) is 15.2. The molecule has 8 nitrogen and oxygen atoms in total. The molecule has 1 atom stereocenters. The van der Waals surface area contributed by atoms with Crippen molar-refractivity contribution in [3.63, 3.8) is 0 Å². The van der Waals surface area contributed by atoms with E-state index in [0.717, 1.165) is 53.5 Å². The molecule has 0 radical (unpaired) electrons. The average Bonchev–Trinajstić information content (AvgIpc) is 3.34. The first-order chi connectivity index (χ1) is 18.8. The Morgan fingerprint density at radius 1 is 1.18 bits per heavy atom. The summed E-state index contributed by atoms with van der Waals surface area (Å²) >= 11 is 7.95. The van der Waals surface area contributed by atoms with Gasteiger partial charge in [-0.05, 0) is 62.4 Å². The van der Waals surface area contributed by atoms with Gasteiger partial charge in [0.05, 0.1) is 11.1 Å². The SMILES string of the molecule is CCc1c(CCN2CCC2C(=O)O)cccc1-c1nnc(-c2ccc(OC(C)C)c(Cl)c2)s1.O=C(O)C(F)(F)F. The molecule has 3 aromatic rings. The lowest BCUT2D eigenvalue weighted by Crippen LogP contribution is -2.52. The van der Waals surface area contributed by atoms with E-state index < -0.39 is 18.1 Å². The lowest BCUT2D eigenvalue weighted by molar-refractivity contribution is -0.192. The molecule has 13 heteroatoms. The van der Waals surface area contributed by atoms with E-state index in [1.54, 1.807) is 11.3 Å². The molecule has 2 N–H and O–H groups in total. The highest BCUT2D eigenvalue weighted by atomic mass is 35.5. The summed E-state index contributed by atoms with van der Waals surface area (Å²) in [6.07, 6.45) is -2.61. The van der Waals surface area contributed by atoms with Crippen molar-refractivity contribution in [2.75, 3.05) is 13.1 Å². The number of hydrogen-bond acceptors (Lipinski definition) is 7. The number of carboxylic acids is 2. The second-order valence-corrected chi connectivity index (χ2v) is 10.6. The number of ether oxygens (including phenoxy) is 1. The fourth-order valence-corrected chi connectivity index (χ4v) is 5.29. The zero-order valence-corrected chi connectivity index (χ0v) is 23.6. The molecule has 1 aliphatic rings. The molecule has 216 valence electrons. The van der Waals surface area contributed by atoms with Crippen LogP contribution in [-0.2, 0) is 22.4 Å². The molecule has 0 bridgehead atoms. The second-order valence-electron chi connectivity index (χ2n) is 9.25. The third-order valence-electron chi connectivity index (χ3n) is 6.15. The van der Waals surface area contributed by atoms with Crippen molar-refractivity contribution in [2.24, 2.45) is 0 Å². The lowest BCUT2D eigenvalue weighted by Gasteiger charge is -2.38. The Morgan fingerprint density at radius 2 is 1.85 bits per heavy atom. The van der Waals surface area contributed by atoms with Crippen LogP contribution in [0.4, 0.5) is 13.2 Å². The topological polar surface area (TPSA) is 113 Å². The Bertz CT molecular complexity index is 1350. The number of carbonyl (C=O) groups is 2. The summed E-state index contributed by atoms with van der Waals surface area (Å²) in [5.41, 5.74) is 4.47. The monoisotopic (exact) mass is 599 g/mol. The number of aliphatic carboxylic acids is 2. The van der Waals surface area contributed by atoms with Crippen LogP contribution in [-0.4, -0.2) is 68.7 Å². The van der Waals surface area contributed by atoms with Gasteiger partial charge in [-0.3, -0.25) is 9.69 Å². The molecule has 0 amide bonds. The third kappa shape index (κ3) is 7.92. The van der Waals surface area contributed by atoms with E-state index in [-0.39, 0.29) is 12.1 Å². The highest BCUT2D eigenvalue weighted by molar-refractivity contribution is 7.17. The number of nitrogens with zero attached hydrogens (tertiary/aromatic N) is 3. The standard InChI is InChI=1S/C25H28ClN3O3S.C2HF3O2/c1-4-18-16(10-12-29-13-11-21(29)25(30)31)6-5-7-19(18)24-28-27-23(33-24)17-8-9-22(20(26)14-17)32-15(2)3;3-2(4,5)1(6)7/h5-9,14-15,21H,4,10-13H2,1-3H3,(H,30,31);(H,6,7). The van der Waals surface area contributed by atoms with Gasteiger partial charge in [0.1, 0.15) is 21.8 Å². The molecular weight excluding hydrogens is 571 g/mol. The summed E-state index contributed by atoms with van der Waals surface area (Å²) < 4.78 is 37.5. The number of benzene rings is 2. The minimum atomic E-state index is -5.08. The summed E-state index contributed by atoms with van der Waals surface area (Å²) in [4.78, 5) is 22.2. The maximum absolute atomic E-state index is 11.3. The Labute approximate surface area is 238 Å². The first-order valence-electron chi connectivity index (χ1n) is 12.5. The maximum atomic E-state index is 11.3. The molecule has 40 heavy (non-hydrogen) atoms. The van der Waals surface area contributed by atoms with E-state index >= 15 is 0 Å². The van der Waals surface area contributed by atoms with Crippen LogP contribution in [0.2, 0.25) is 5.02 Å². The molecule has 1 saturated heterocycles. The molecule has 0 aliphatic carbocycles. The predicted molar refractivity (Wildman–Crippen MR) is 146 cm³/mol. The van der Waals surface area contributed by atoms with Crippen LogP contribution in [0.1, 0.15) is 38.3 Å². The summed E-state index contributed by atoms with van der Waals surface area (Å²) in [6.45, 7) is 7.67. The van der Waals surface area contributed by atoms with Crippen LogP contribution in [0, 0.1) is 0 Å². The summed E-state index contributed by atoms with van der Waals surface area (Å²) in [7, 11) is 0. The Kier molecular flexibility index (Phi) is 10.5. The highest BCUT2D eigenvalue weighted by Gasteiger charge is 2.38. The van der Waals surface area contributed by atoms with Gasteiger partial charge >= 0.3 is 18.1 Å². The molecule has 4 rings (SSSR count). The van der Waals surface area contributed by atoms with Gasteiger partial charge in [0, 0.05) is 24.2 Å². The quantitative estimate of drug-likeness (QED) is 0.298. The molecule has 1 aliphatic heterocycles. The average molecular weight is 600 g/mol. The fraction of sp³-hybridized carbons (Fsp3) is 0.407. The van der Waals surface area contributed by atoms with E-state index in [1.165, 1.54) is 11.1 Å². The van der Waals surface area contributed by atoms with Crippen molar-refractivity contribution in [1.29, 1.82) is 0 Å². The third-order valence-corrected chi connectivity index (χ3v) is 7.45. The lowest BCUT2D eigenvalue weighted by atomic mass is 9.95. The van der Waals surface area contributed by atoms with E-state index in [9.17, 15) is 23.1 Å². The summed E-state index contributed by atoms with van der Waals surface area (Å²) in [6, 6.07) is 11.6. The zero-order chi connectivity index (χ0) is 29.6. The van der Waals surface area contributed by atoms with Gasteiger partial charge in [-0.25, -0.2) is 4.79 Å². The van der Waals surface area contributed by atoms with Crippen LogP contribution in [0.5, 0.6) is 5.75 Å². The number of carboxylic acid groups (broad SMARTS) is 2. The van der Waals surface area contributed by atoms with E-state index in [4.69, 9.17) is 26.2 Å². The van der Waals surface area contributed by atoms with E-state index in [0.29, 0.717) is 10.8 Å². The molecule has 1 unspecified atom stereocenters. The van der Waals surface area contributed by atoms with Crippen molar-refractivity contribution in [3.05, 3.63) is 52.5 Å². The molecule has 1 aromatic heterocycles. The predicted octanol–water partition coefficient (Wildman–Crippen LogP) is 6.21. The van der Waals surface area contributed by atoms with Crippen molar-refractivity contribution in [2.45, 2.75) is 58.4 Å². The van der Waals surface area contributed by atoms with Gasteiger partial charge in [0.2, 0.25) is 0 Å². The first kappa shape index (κ1) is 31.3. The smallest absolute Gasteiger partial charge is 0.489 e. The van der Waals surface area contributed by atoms with Crippen LogP contribution in [0.25, 0.3) is 21.1 Å². The number of halogens is 4. The maximum Gasteiger partial charge on any atom is 0.490 e. The Hall–Kier alpha value is -3.22. The zero-order valence-electron chi connectivity index (χ0n) is 22.0. The number of alkyl halides is 3. The van der Waals surface area contributed by atoms with Gasteiger partial charge in [0.15, 0.2) is 0 Å². The van der Waals surface area contributed by atoms with E-state index in [2.05, 4.69) is 29.3 Å². The summed E-state index contributed by atoms with van der Waals surface area (Å²) in [5.74, 6) is -2.82. The van der Waals surface area contributed by atoms with Crippen LogP contribution in [0.15, 0.2) is 36.4 Å². The number of aromatic nitrogens is 2. The van der Waals surface area contributed by atoms with Gasteiger partial charge < -0.3 is 14.9 Å². The van der Waals surface area contributed by atoms with Gasteiger partial charge in [-0.1, -0.05) is 48.1 Å². The Morgan fingerprint density at radius 3 is 2.38 bits per heavy atom. The molecule has 1 fully saturated rings. The minimum absolute atomic E-state index is 0.0531.